The number of methoxy groups -OCH3 is 1. The Morgan fingerprint density at radius 2 is 1.96 bits per heavy atom. The lowest BCUT2D eigenvalue weighted by Gasteiger charge is -2.31. The Morgan fingerprint density at radius 3 is 2.70 bits per heavy atom. The van der Waals surface area contributed by atoms with Crippen LogP contribution in [0.15, 0.2) is 18.2 Å². The van der Waals surface area contributed by atoms with Crippen molar-refractivity contribution >= 4 is 66.8 Å². The van der Waals surface area contributed by atoms with Crippen LogP contribution in [-0.4, -0.2) is 84.1 Å². The molecule has 286 valence electrons. The second kappa shape index (κ2) is 14.7. The number of ether oxygens (including phenoxy) is 3. The third-order valence-corrected chi connectivity index (χ3v) is 11.8. The lowest BCUT2D eigenvalue weighted by atomic mass is 9.95. The number of anilines is 2. The molecule has 1 N–H and O–H groups in total. The second-order valence-corrected chi connectivity index (χ2v) is 16.6. The number of alkyl halides is 1. The summed E-state index contributed by atoms with van der Waals surface area (Å²) in [6.07, 6.45) is 2.20. The molecule has 2 aromatic heterocycles. The maximum atomic E-state index is 17.3. The molecular weight excluding hydrogens is 745 g/mol. The first kappa shape index (κ1) is 37.9. The van der Waals surface area contributed by atoms with Crippen LogP contribution in [0.4, 0.5) is 28.8 Å². The van der Waals surface area contributed by atoms with Gasteiger partial charge in [0.25, 0.3) is 0 Å². The van der Waals surface area contributed by atoms with Gasteiger partial charge in [-0.25, -0.2) is 18.0 Å². The van der Waals surface area contributed by atoms with Gasteiger partial charge in [0.2, 0.25) is 0 Å². The Labute approximate surface area is 319 Å². The summed E-state index contributed by atoms with van der Waals surface area (Å²) in [5, 5.41) is 13.1. The Balaban J connectivity index is 1.38. The highest BCUT2D eigenvalue weighted by molar-refractivity contribution is 7.23. The zero-order valence-corrected chi connectivity index (χ0v) is 31.9. The van der Waals surface area contributed by atoms with Crippen LogP contribution in [0.3, 0.4) is 0 Å². The number of carbonyl (C=O) groups is 2. The molecule has 7 rings (SSSR count). The number of halogens is 4. The Morgan fingerprint density at radius 1 is 1.17 bits per heavy atom. The van der Waals surface area contributed by atoms with Crippen molar-refractivity contribution in [1.29, 1.82) is 5.26 Å². The van der Waals surface area contributed by atoms with Gasteiger partial charge >= 0.3 is 18.1 Å². The second-order valence-electron chi connectivity index (χ2n) is 15.1. The Hall–Kier alpha value is -4.39. The van der Waals surface area contributed by atoms with Gasteiger partial charge < -0.3 is 19.1 Å². The average molecular weight is 785 g/mol. The number of nitriles is 1. The quantitative estimate of drug-likeness (QED) is 0.183. The third-order valence-electron chi connectivity index (χ3n) is 10.4. The van der Waals surface area contributed by atoms with Crippen LogP contribution in [0.1, 0.15) is 64.9 Å². The molecule has 0 saturated carbocycles. The zero-order chi connectivity index (χ0) is 38.5. The Kier molecular flexibility index (Phi) is 10.3. The number of nitrogens with zero attached hydrogens (tertiary/aromatic N) is 5. The molecule has 4 aromatic rings. The number of aromatic nitrogens is 2. The number of carbonyl (C=O) groups excluding carboxylic acids is 2. The van der Waals surface area contributed by atoms with Gasteiger partial charge in [-0.05, 0) is 70.7 Å². The van der Waals surface area contributed by atoms with Crippen molar-refractivity contribution in [3.63, 3.8) is 0 Å². The highest BCUT2D eigenvalue weighted by Crippen LogP contribution is 2.47. The van der Waals surface area contributed by atoms with Crippen molar-refractivity contribution in [1.82, 2.24) is 14.9 Å². The van der Waals surface area contributed by atoms with Crippen LogP contribution < -0.4 is 15.0 Å². The van der Waals surface area contributed by atoms with E-state index in [1.54, 1.807) is 20.8 Å². The first-order valence-corrected chi connectivity index (χ1v) is 19.1. The van der Waals surface area contributed by atoms with Crippen molar-refractivity contribution in [3.8, 4) is 23.2 Å². The number of nitrogens with one attached hydrogen (secondary N) is 1. The molecule has 3 fully saturated rings. The van der Waals surface area contributed by atoms with E-state index in [9.17, 15) is 19.2 Å². The van der Waals surface area contributed by atoms with Crippen LogP contribution in [0.2, 0.25) is 5.02 Å². The van der Waals surface area contributed by atoms with Crippen LogP contribution in [0, 0.1) is 28.9 Å². The van der Waals surface area contributed by atoms with Crippen LogP contribution in [-0.2, 0) is 14.3 Å². The van der Waals surface area contributed by atoms with Crippen molar-refractivity contribution in [2.45, 2.75) is 76.6 Å². The minimum atomic E-state index is -0.987. The van der Waals surface area contributed by atoms with Gasteiger partial charge in [-0.15, -0.1) is 11.3 Å². The molecule has 54 heavy (non-hydrogen) atoms. The molecule has 3 atom stereocenters. The molecule has 0 spiro atoms. The number of benzene rings is 2. The maximum absolute atomic E-state index is 17.3. The van der Waals surface area contributed by atoms with Gasteiger partial charge in [-0.2, -0.15) is 15.2 Å². The number of fused-ring (bicyclic) bond motifs is 3. The van der Waals surface area contributed by atoms with E-state index in [2.05, 4.69) is 15.2 Å². The first-order chi connectivity index (χ1) is 25.7. The standard InChI is InChI=1S/C38H40ClF3N6O5S/c1-37(2,3)53-36(50)46-33-24(16-43)27-22(9-10-26(41)31(27)54-33)28-25(39)14-23-30(29(28)42)44-35(52-19-38-11-7-13-48(38)18-21(40)15-38)45-32(23)47-12-6-5-8-20(17-47)34(49)51-4/h9-10,14,20-21H,5-8,11-13,15,17-19H2,1-4H3,(H,46,50)/t20?,21-,38+/m1/s1. The summed E-state index contributed by atoms with van der Waals surface area (Å²) in [6, 6.07) is 5.89. The molecule has 5 heterocycles. The van der Waals surface area contributed by atoms with Gasteiger partial charge in [-0.3, -0.25) is 15.0 Å². The summed E-state index contributed by atoms with van der Waals surface area (Å²) in [5.74, 6) is -2.09. The predicted molar refractivity (Wildman–Crippen MR) is 200 cm³/mol. The lowest BCUT2D eigenvalue weighted by Crippen LogP contribution is -2.43. The summed E-state index contributed by atoms with van der Waals surface area (Å²) in [7, 11) is 1.34. The molecule has 0 bridgehead atoms. The minimum absolute atomic E-state index is 0.000375. The molecular formula is C38H40ClF3N6O5S. The van der Waals surface area contributed by atoms with E-state index in [4.69, 9.17) is 30.8 Å². The molecule has 3 aliphatic heterocycles. The van der Waals surface area contributed by atoms with E-state index in [-0.39, 0.29) is 72.8 Å². The van der Waals surface area contributed by atoms with Crippen LogP contribution in [0.5, 0.6) is 6.01 Å². The monoisotopic (exact) mass is 784 g/mol. The molecule has 0 aliphatic carbocycles. The van der Waals surface area contributed by atoms with Gasteiger partial charge in [0.05, 0.1) is 33.9 Å². The minimum Gasteiger partial charge on any atom is -0.469 e. The lowest BCUT2D eigenvalue weighted by molar-refractivity contribution is -0.145. The fraction of sp³-hybridized carbons (Fsp3) is 0.500. The highest BCUT2D eigenvalue weighted by Gasteiger charge is 2.49. The third kappa shape index (κ3) is 7.11. The normalized spacial score (nSPS) is 21.9. The fourth-order valence-corrected chi connectivity index (χ4v) is 9.39. The van der Waals surface area contributed by atoms with Gasteiger partial charge in [0, 0.05) is 42.4 Å². The van der Waals surface area contributed by atoms with Gasteiger partial charge in [-0.1, -0.05) is 24.1 Å². The van der Waals surface area contributed by atoms with E-state index in [1.807, 2.05) is 11.0 Å². The number of hydrogen-bond acceptors (Lipinski definition) is 11. The maximum Gasteiger partial charge on any atom is 0.412 e. The predicted octanol–water partition coefficient (Wildman–Crippen LogP) is 8.40. The molecule has 3 aliphatic rings. The van der Waals surface area contributed by atoms with Gasteiger partial charge in [0.15, 0.2) is 5.82 Å². The summed E-state index contributed by atoms with van der Waals surface area (Å²) >= 11 is 7.74. The molecule has 16 heteroatoms. The topological polar surface area (TPSA) is 130 Å². The summed E-state index contributed by atoms with van der Waals surface area (Å²) in [6.45, 7) is 6.94. The van der Waals surface area contributed by atoms with Crippen molar-refractivity contribution < 1.29 is 37.0 Å². The van der Waals surface area contributed by atoms with Crippen LogP contribution in [0.25, 0.3) is 32.1 Å². The fourth-order valence-electron chi connectivity index (χ4n) is 8.02. The Bertz CT molecular complexity index is 2190. The smallest absolute Gasteiger partial charge is 0.412 e. The zero-order valence-electron chi connectivity index (χ0n) is 30.4. The number of thiophene rings is 1. The summed E-state index contributed by atoms with van der Waals surface area (Å²) in [5.41, 5.74) is -1.67. The SMILES string of the molecule is COC(=O)C1CCCCN(c2nc(OC[C@@]34CCCN3C[C@H](F)C4)nc3c(F)c(-c4ccc(F)c5sc(NC(=O)OC(C)(C)C)c(C#N)c45)c(Cl)cc23)C1. The van der Waals surface area contributed by atoms with E-state index in [1.165, 1.54) is 19.2 Å². The molecule has 1 amide bonds. The van der Waals surface area contributed by atoms with Crippen molar-refractivity contribution in [3.05, 3.63) is 40.4 Å². The first-order valence-electron chi connectivity index (χ1n) is 17.9. The van der Waals surface area contributed by atoms with E-state index < -0.39 is 41.0 Å². The van der Waals surface area contributed by atoms with E-state index in [0.717, 1.165) is 49.6 Å². The molecule has 3 saturated heterocycles. The number of esters is 1. The summed E-state index contributed by atoms with van der Waals surface area (Å²) in [4.78, 5) is 38.7. The number of amides is 1. The number of rotatable bonds is 7. The number of hydrogen-bond donors (Lipinski definition) is 1. The molecule has 11 nitrogen and oxygen atoms in total. The molecule has 2 aromatic carbocycles. The summed E-state index contributed by atoms with van der Waals surface area (Å²) < 4.78 is 64.0. The van der Waals surface area contributed by atoms with E-state index >= 15 is 8.78 Å². The van der Waals surface area contributed by atoms with Crippen LogP contribution >= 0.6 is 22.9 Å². The van der Waals surface area contributed by atoms with Crippen molar-refractivity contribution in [2.24, 2.45) is 5.92 Å². The van der Waals surface area contributed by atoms with Crippen molar-refractivity contribution in [2.75, 3.05) is 50.1 Å². The molecule has 1 unspecified atom stereocenters. The van der Waals surface area contributed by atoms with E-state index in [0.29, 0.717) is 31.7 Å². The molecule has 0 radical (unpaired) electrons. The average Bonchev–Trinajstić information content (AvgIpc) is 3.69. The van der Waals surface area contributed by atoms with Gasteiger partial charge in [0.1, 0.15) is 46.6 Å². The largest absolute Gasteiger partial charge is 0.469 e. The highest BCUT2D eigenvalue weighted by atomic mass is 35.5.